The molecule has 10 unspecified atom stereocenters. The smallest absolute Gasteiger partial charge is 0.126 e. The van der Waals surface area contributed by atoms with Crippen molar-refractivity contribution < 1.29 is 0 Å². The highest BCUT2D eigenvalue weighted by Crippen LogP contribution is 2.56. The van der Waals surface area contributed by atoms with Crippen molar-refractivity contribution >= 4 is 56.7 Å². The fraction of sp³-hybridized carbons (Fsp3) is 0.306. The van der Waals surface area contributed by atoms with Crippen molar-refractivity contribution in [3.63, 3.8) is 0 Å². The molecule has 4 heterocycles. The fourth-order valence-corrected chi connectivity index (χ4v) is 17.2. The highest BCUT2D eigenvalue weighted by molar-refractivity contribution is 8.04. The Morgan fingerprint density at radius 3 is 2.55 bits per heavy atom. The predicted octanol–water partition coefficient (Wildman–Crippen LogP) is 16.0. The van der Waals surface area contributed by atoms with Gasteiger partial charge < -0.3 is 0 Å². The molecule has 1 fully saturated rings. The van der Waals surface area contributed by atoms with Gasteiger partial charge in [-0.2, -0.15) is 0 Å². The van der Waals surface area contributed by atoms with Crippen LogP contribution in [0.25, 0.3) is 27.3 Å². The molecule has 5 heteroatoms. The Hall–Kier alpha value is -4.91. The number of hydrogen-bond donors (Lipinski definition) is 1. The summed E-state index contributed by atoms with van der Waals surface area (Å²) in [5.41, 5.74) is 16.9. The van der Waals surface area contributed by atoms with Gasteiger partial charge in [-0.3, -0.25) is 10.3 Å². The van der Waals surface area contributed by atoms with Gasteiger partial charge in [-0.25, -0.2) is 0 Å². The van der Waals surface area contributed by atoms with Crippen molar-refractivity contribution in [1.29, 1.82) is 0 Å². The maximum atomic E-state index is 5.82. The number of rotatable bonds is 6. The van der Waals surface area contributed by atoms with E-state index >= 15 is 0 Å². The zero-order valence-electron chi connectivity index (χ0n) is 38.1. The van der Waals surface area contributed by atoms with Crippen molar-refractivity contribution in [3.8, 4) is 11.1 Å². The molecule has 5 aromatic rings. The summed E-state index contributed by atoms with van der Waals surface area (Å²) in [4.78, 5) is 10.3. The molecule has 0 bridgehead atoms. The van der Waals surface area contributed by atoms with Crippen LogP contribution >= 0.6 is 34.9 Å². The van der Waals surface area contributed by atoms with Crippen molar-refractivity contribution in [2.45, 2.75) is 97.7 Å². The molecule has 0 saturated heterocycles. The van der Waals surface area contributed by atoms with Crippen molar-refractivity contribution in [1.82, 2.24) is 5.32 Å². The molecule has 14 rings (SSSR count). The number of thioether (sulfide) groups is 2. The van der Waals surface area contributed by atoms with Crippen molar-refractivity contribution in [2.24, 2.45) is 28.7 Å². The summed E-state index contributed by atoms with van der Waals surface area (Å²) in [5, 5.41) is 6.96. The number of aryl methyl sites for hydroxylation is 1. The number of aliphatic imine (C=N–C) groups is 1. The molecule has 0 radical (unpaired) electrons. The maximum Gasteiger partial charge on any atom is 0.126 e. The Morgan fingerprint density at radius 1 is 0.701 bits per heavy atom. The number of hydrogen-bond acceptors (Lipinski definition) is 5. The number of fused-ring (bicyclic) bond motifs is 9. The molecule has 2 nitrogen and oxygen atoms in total. The molecule has 67 heavy (non-hydrogen) atoms. The quantitative estimate of drug-likeness (QED) is 0.172. The minimum atomic E-state index is -0.183. The topological polar surface area (TPSA) is 24.4 Å². The monoisotopic (exact) mass is 924 g/mol. The second-order valence-electron chi connectivity index (χ2n) is 20.6. The Morgan fingerprint density at radius 2 is 1.60 bits per heavy atom. The first-order valence-electron chi connectivity index (χ1n) is 25.1. The molecule has 332 valence electrons. The average molecular weight is 925 g/mol. The number of nitrogens with zero attached hydrogens (tertiary/aromatic N) is 1. The lowest BCUT2D eigenvalue weighted by molar-refractivity contribution is 0.408. The normalized spacial score (nSPS) is 31.1. The highest BCUT2D eigenvalue weighted by Gasteiger charge is 2.53. The van der Waals surface area contributed by atoms with Gasteiger partial charge in [0.1, 0.15) is 6.17 Å². The zero-order valence-corrected chi connectivity index (χ0v) is 40.6. The van der Waals surface area contributed by atoms with E-state index in [1.54, 1.807) is 22.3 Å². The minimum Gasteiger partial charge on any atom is -0.285 e. The van der Waals surface area contributed by atoms with E-state index in [1.165, 1.54) is 88.7 Å². The molecule has 6 aliphatic carbocycles. The summed E-state index contributed by atoms with van der Waals surface area (Å²) >= 11 is 6.09. The standard InChI is InChI=1S/C62H56N2S3/c1-36-49-35-53(37-12-3-2-4-13-37)63-62(42-15-11-14-38(28-42)39-22-25-57-50(32-39)46-16-5-8-19-54(46)65-57)64-61(60(36)49)45-30-43(40-23-26-58-51(33-40)47-17-6-9-20-55(47)66-58)29-44(31-45)41-24-27-59-52(34-41)48-18-7-10-21-56(48)67-59/h2-4,8-15,19-30,32-34,36,44,46,49,51,54,58,60-62,64H,5-7,16-18,31,35H2,1H3. The first-order valence-corrected chi connectivity index (χ1v) is 27.7. The number of nitrogens with one attached hydrogen (secondary N) is 1. The second-order valence-corrected chi connectivity index (χ2v) is 24.1. The Bertz CT molecular complexity index is 3150. The van der Waals surface area contributed by atoms with E-state index in [4.69, 9.17) is 4.99 Å². The SMILES string of the molecule is CC1C2CC(c3ccccc3)=NC(c3cccc(-c4ccc5c(c4)C4CCC=CC4S5)c3)NC(C3=CC(C4=CC5C6=C(C=CCC6)SC5C=C4)=CC(c4ccc5sc6c(c5c4)CCC=C6)C3)C12. The van der Waals surface area contributed by atoms with Gasteiger partial charge in [-0.1, -0.05) is 134 Å². The van der Waals surface area contributed by atoms with Crippen LogP contribution in [0, 0.1) is 23.7 Å². The molecule has 10 atom stereocenters. The molecule has 9 aliphatic rings. The van der Waals surface area contributed by atoms with Gasteiger partial charge in [-0.15, -0.1) is 34.9 Å². The van der Waals surface area contributed by atoms with Gasteiger partial charge >= 0.3 is 0 Å². The van der Waals surface area contributed by atoms with Crippen molar-refractivity contribution in [2.75, 3.05) is 0 Å². The van der Waals surface area contributed by atoms with E-state index in [0.717, 1.165) is 32.1 Å². The minimum absolute atomic E-state index is 0.183. The van der Waals surface area contributed by atoms with E-state index in [0.29, 0.717) is 40.1 Å². The van der Waals surface area contributed by atoms with Crippen molar-refractivity contribution in [3.05, 3.63) is 212 Å². The lowest BCUT2D eigenvalue weighted by Gasteiger charge is -2.33. The van der Waals surface area contributed by atoms with Crippen LogP contribution in [-0.4, -0.2) is 22.3 Å². The third-order valence-electron chi connectivity index (χ3n) is 16.8. The van der Waals surface area contributed by atoms with Crippen LogP contribution in [0.2, 0.25) is 0 Å². The van der Waals surface area contributed by atoms with Gasteiger partial charge in [0.25, 0.3) is 0 Å². The molecule has 1 N–H and O–H groups in total. The number of benzene rings is 4. The van der Waals surface area contributed by atoms with Gasteiger partial charge in [0, 0.05) is 59.4 Å². The summed E-state index contributed by atoms with van der Waals surface area (Å²) in [7, 11) is 0. The van der Waals surface area contributed by atoms with Gasteiger partial charge in [-0.05, 0) is 167 Å². The summed E-state index contributed by atoms with van der Waals surface area (Å²) in [6.45, 7) is 2.51. The van der Waals surface area contributed by atoms with Crippen LogP contribution in [0.4, 0.5) is 0 Å². The van der Waals surface area contributed by atoms with Crippen LogP contribution in [0.3, 0.4) is 0 Å². The summed E-state index contributed by atoms with van der Waals surface area (Å²) in [6, 6.07) is 35.3. The molecule has 0 spiro atoms. The molecule has 1 saturated carbocycles. The Balaban J connectivity index is 0.867. The van der Waals surface area contributed by atoms with Crippen LogP contribution in [0.5, 0.6) is 0 Å². The van der Waals surface area contributed by atoms with E-state index in [2.05, 4.69) is 194 Å². The van der Waals surface area contributed by atoms with Gasteiger partial charge in [0.2, 0.25) is 0 Å². The molecular formula is C62H56N2S3. The number of thiophene rings is 1. The Labute approximate surface area is 408 Å². The zero-order chi connectivity index (χ0) is 44.2. The largest absolute Gasteiger partial charge is 0.285 e. The van der Waals surface area contributed by atoms with E-state index in [-0.39, 0.29) is 18.1 Å². The molecule has 3 aliphatic heterocycles. The molecule has 4 aromatic carbocycles. The van der Waals surface area contributed by atoms with E-state index in [1.807, 2.05) is 11.3 Å². The summed E-state index contributed by atoms with van der Waals surface area (Å²) in [5.74, 6) is 3.09. The molecular weight excluding hydrogens is 869 g/mol. The van der Waals surface area contributed by atoms with E-state index < -0.39 is 0 Å². The fourth-order valence-electron chi connectivity index (χ4n) is 13.2. The first-order chi connectivity index (χ1) is 33.1. The Kier molecular flexibility index (Phi) is 10.2. The predicted molar refractivity (Wildman–Crippen MR) is 286 cm³/mol. The van der Waals surface area contributed by atoms with Crippen LogP contribution in [0.1, 0.15) is 103 Å². The molecule has 1 aromatic heterocycles. The summed E-state index contributed by atoms with van der Waals surface area (Å²) < 4.78 is 1.42. The second kappa shape index (κ2) is 16.7. The van der Waals surface area contributed by atoms with E-state index in [9.17, 15) is 0 Å². The highest BCUT2D eigenvalue weighted by atomic mass is 32.2. The lowest BCUT2D eigenvalue weighted by atomic mass is 9.77. The number of allylic oxidation sites excluding steroid dienone is 11. The summed E-state index contributed by atoms with van der Waals surface area (Å²) in [6.07, 6.45) is 36.1. The first kappa shape index (κ1) is 41.1. The van der Waals surface area contributed by atoms with Crippen LogP contribution in [-0.2, 0) is 6.42 Å². The average Bonchev–Trinajstić information content (AvgIpc) is 3.69. The van der Waals surface area contributed by atoms with Gasteiger partial charge in [0.15, 0.2) is 0 Å². The van der Waals surface area contributed by atoms with Gasteiger partial charge in [0.05, 0.1) is 0 Å². The third kappa shape index (κ3) is 7.29. The third-order valence-corrected chi connectivity index (χ3v) is 20.7. The van der Waals surface area contributed by atoms with Crippen LogP contribution in [0.15, 0.2) is 189 Å². The van der Waals surface area contributed by atoms with Crippen LogP contribution < -0.4 is 5.32 Å². The molecule has 0 amide bonds. The maximum absolute atomic E-state index is 5.82. The lowest BCUT2D eigenvalue weighted by Crippen LogP contribution is -2.39.